The molecule has 0 saturated carbocycles. The lowest BCUT2D eigenvalue weighted by Gasteiger charge is -2.35. The zero-order valence-corrected chi connectivity index (χ0v) is 16.6. The van der Waals surface area contributed by atoms with Gasteiger partial charge in [0.05, 0.1) is 15.5 Å². The summed E-state index contributed by atoms with van der Waals surface area (Å²) in [6, 6.07) is 5.83. The van der Waals surface area contributed by atoms with Crippen molar-refractivity contribution in [2.75, 3.05) is 49.1 Å². The molecule has 0 N–H and O–H groups in total. The molecule has 9 nitrogen and oxygen atoms in total. The number of aromatic nitrogens is 2. The topological polar surface area (TPSA) is 95.7 Å². The summed E-state index contributed by atoms with van der Waals surface area (Å²) in [7, 11) is 0. The van der Waals surface area contributed by atoms with E-state index < -0.39 is 4.92 Å². The van der Waals surface area contributed by atoms with Gasteiger partial charge in [0.1, 0.15) is 5.82 Å². The van der Waals surface area contributed by atoms with E-state index in [2.05, 4.69) is 14.8 Å². The molecule has 1 aromatic carbocycles. The highest BCUT2D eigenvalue weighted by molar-refractivity contribution is 6.34. The van der Waals surface area contributed by atoms with E-state index in [1.165, 1.54) is 31.0 Å². The highest BCUT2D eigenvalue weighted by Gasteiger charge is 2.26. The first-order valence-corrected chi connectivity index (χ1v) is 9.97. The van der Waals surface area contributed by atoms with Gasteiger partial charge in [-0.15, -0.1) is 0 Å². The zero-order chi connectivity index (χ0) is 20.4. The van der Waals surface area contributed by atoms with Crippen LogP contribution in [-0.4, -0.2) is 65.0 Å². The number of benzene rings is 1. The Morgan fingerprint density at radius 3 is 2.41 bits per heavy atom. The second-order valence-electron chi connectivity index (χ2n) is 7.11. The third-order valence-electron chi connectivity index (χ3n) is 5.30. The molecule has 29 heavy (non-hydrogen) atoms. The Morgan fingerprint density at radius 2 is 1.76 bits per heavy atom. The maximum Gasteiger partial charge on any atom is 0.270 e. The molecule has 2 aliphatic heterocycles. The van der Waals surface area contributed by atoms with Crippen molar-refractivity contribution < 1.29 is 9.72 Å². The number of hydrogen-bond acceptors (Lipinski definition) is 7. The average molecular weight is 417 g/mol. The van der Waals surface area contributed by atoms with Crippen molar-refractivity contribution >= 4 is 35.0 Å². The van der Waals surface area contributed by atoms with Gasteiger partial charge in [-0.1, -0.05) is 11.6 Å². The van der Waals surface area contributed by atoms with Crippen molar-refractivity contribution in [3.8, 4) is 0 Å². The summed E-state index contributed by atoms with van der Waals surface area (Å²) in [4.78, 5) is 38.2. The molecule has 10 heteroatoms. The molecule has 0 radical (unpaired) electrons. The minimum Gasteiger partial charge on any atom is -0.353 e. The summed E-state index contributed by atoms with van der Waals surface area (Å²) >= 11 is 6.11. The average Bonchev–Trinajstić information content (AvgIpc) is 3.28. The van der Waals surface area contributed by atoms with E-state index in [0.29, 0.717) is 26.2 Å². The van der Waals surface area contributed by atoms with Crippen molar-refractivity contribution in [1.82, 2.24) is 14.9 Å². The van der Waals surface area contributed by atoms with Crippen LogP contribution >= 0.6 is 11.6 Å². The molecule has 0 spiro atoms. The van der Waals surface area contributed by atoms with E-state index in [0.717, 1.165) is 24.9 Å². The number of piperazine rings is 1. The Morgan fingerprint density at radius 1 is 1.03 bits per heavy atom. The predicted octanol–water partition coefficient (Wildman–Crippen LogP) is 2.60. The van der Waals surface area contributed by atoms with Gasteiger partial charge in [-0.05, 0) is 25.0 Å². The van der Waals surface area contributed by atoms with Gasteiger partial charge >= 0.3 is 0 Å². The van der Waals surface area contributed by atoms with Crippen LogP contribution in [0.5, 0.6) is 0 Å². The number of carbonyl (C=O) groups excluding carboxylic acids is 1. The fraction of sp³-hybridized carbons (Fsp3) is 0.421. The van der Waals surface area contributed by atoms with Gasteiger partial charge < -0.3 is 14.7 Å². The fourth-order valence-corrected chi connectivity index (χ4v) is 3.94. The summed E-state index contributed by atoms with van der Waals surface area (Å²) < 4.78 is 0. The predicted molar refractivity (Wildman–Crippen MR) is 110 cm³/mol. The summed E-state index contributed by atoms with van der Waals surface area (Å²) in [6.07, 6.45) is 4.11. The fourth-order valence-electron chi connectivity index (χ4n) is 3.68. The molecule has 152 valence electrons. The molecule has 0 aliphatic carbocycles. The number of amides is 1. The normalized spacial score (nSPS) is 16.9. The van der Waals surface area contributed by atoms with Crippen LogP contribution < -0.4 is 9.80 Å². The quantitative estimate of drug-likeness (QED) is 0.558. The minimum absolute atomic E-state index is 0.0951. The SMILES string of the molecule is O=C(c1ccc([N+](=O)[O-])cc1Cl)N1CCN(c2ccnc(N3CCCC3)n2)CC1. The number of rotatable bonds is 4. The number of nitro benzene ring substituents is 1. The number of carbonyl (C=O) groups is 1. The van der Waals surface area contributed by atoms with Gasteiger partial charge in [-0.3, -0.25) is 14.9 Å². The van der Waals surface area contributed by atoms with Crippen molar-refractivity contribution in [2.24, 2.45) is 0 Å². The third-order valence-corrected chi connectivity index (χ3v) is 5.61. The number of nitro groups is 1. The molecular formula is C19H21ClN6O3. The van der Waals surface area contributed by atoms with Crippen LogP contribution in [0.15, 0.2) is 30.5 Å². The molecule has 0 atom stereocenters. The molecular weight excluding hydrogens is 396 g/mol. The van der Waals surface area contributed by atoms with E-state index >= 15 is 0 Å². The molecule has 2 aliphatic rings. The first kappa shape index (κ1) is 19.4. The standard InChI is InChI=1S/C19H21ClN6O3/c20-16-13-14(26(28)29)3-4-15(16)18(27)24-11-9-23(10-12-24)17-5-6-21-19(22-17)25-7-1-2-8-25/h3-6,13H,1-2,7-12H2. The first-order chi connectivity index (χ1) is 14.0. The molecule has 0 unspecified atom stereocenters. The van der Waals surface area contributed by atoms with Crippen molar-refractivity contribution in [2.45, 2.75) is 12.8 Å². The number of nitrogens with zero attached hydrogens (tertiary/aromatic N) is 6. The van der Waals surface area contributed by atoms with E-state index in [4.69, 9.17) is 16.6 Å². The van der Waals surface area contributed by atoms with Gasteiger partial charge in [0.2, 0.25) is 5.95 Å². The Hall–Kier alpha value is -2.94. The van der Waals surface area contributed by atoms with Gasteiger partial charge in [0.15, 0.2) is 0 Å². The molecule has 4 rings (SSSR count). The largest absolute Gasteiger partial charge is 0.353 e. The van der Waals surface area contributed by atoms with Gasteiger partial charge in [0, 0.05) is 57.6 Å². The zero-order valence-electron chi connectivity index (χ0n) is 15.8. The van der Waals surface area contributed by atoms with Crippen LogP contribution in [-0.2, 0) is 0 Å². The summed E-state index contributed by atoms with van der Waals surface area (Å²) in [5.74, 6) is 1.41. The summed E-state index contributed by atoms with van der Waals surface area (Å²) in [5, 5.41) is 10.9. The van der Waals surface area contributed by atoms with E-state index in [9.17, 15) is 14.9 Å². The van der Waals surface area contributed by atoms with Crippen molar-refractivity contribution in [3.63, 3.8) is 0 Å². The maximum atomic E-state index is 12.8. The highest BCUT2D eigenvalue weighted by atomic mass is 35.5. The van der Waals surface area contributed by atoms with Gasteiger partial charge in [-0.2, -0.15) is 4.98 Å². The van der Waals surface area contributed by atoms with Crippen LogP contribution in [0.3, 0.4) is 0 Å². The molecule has 2 fully saturated rings. The lowest BCUT2D eigenvalue weighted by Crippen LogP contribution is -2.49. The van der Waals surface area contributed by atoms with E-state index in [1.807, 2.05) is 6.07 Å². The third kappa shape index (κ3) is 4.09. The Kier molecular flexibility index (Phi) is 5.48. The highest BCUT2D eigenvalue weighted by Crippen LogP contribution is 2.25. The Labute approximate surface area is 173 Å². The number of non-ortho nitro benzene ring substituents is 1. The maximum absolute atomic E-state index is 12.8. The van der Waals surface area contributed by atoms with Crippen LogP contribution in [0, 0.1) is 10.1 Å². The molecule has 3 heterocycles. The first-order valence-electron chi connectivity index (χ1n) is 9.59. The summed E-state index contributed by atoms with van der Waals surface area (Å²) in [5.41, 5.74) is 0.151. The van der Waals surface area contributed by atoms with E-state index in [1.54, 1.807) is 11.1 Å². The Balaban J connectivity index is 1.41. The van der Waals surface area contributed by atoms with Gasteiger partial charge in [0.25, 0.3) is 11.6 Å². The number of hydrogen-bond donors (Lipinski definition) is 0. The molecule has 1 aromatic heterocycles. The smallest absolute Gasteiger partial charge is 0.270 e. The number of halogens is 1. The molecule has 2 aromatic rings. The van der Waals surface area contributed by atoms with Crippen LogP contribution in [0.2, 0.25) is 5.02 Å². The second kappa shape index (κ2) is 8.20. The van der Waals surface area contributed by atoms with Crippen molar-refractivity contribution in [3.05, 3.63) is 51.2 Å². The van der Waals surface area contributed by atoms with Crippen LogP contribution in [0.25, 0.3) is 0 Å². The van der Waals surface area contributed by atoms with Crippen LogP contribution in [0.4, 0.5) is 17.5 Å². The molecule has 2 saturated heterocycles. The lowest BCUT2D eigenvalue weighted by atomic mass is 10.1. The van der Waals surface area contributed by atoms with E-state index in [-0.39, 0.29) is 22.2 Å². The second-order valence-corrected chi connectivity index (χ2v) is 7.52. The monoisotopic (exact) mass is 416 g/mol. The molecule has 0 bridgehead atoms. The minimum atomic E-state index is -0.531. The number of anilines is 2. The molecule has 1 amide bonds. The van der Waals surface area contributed by atoms with Crippen molar-refractivity contribution in [1.29, 1.82) is 0 Å². The summed E-state index contributed by atoms with van der Waals surface area (Å²) in [6.45, 7) is 4.31. The van der Waals surface area contributed by atoms with Gasteiger partial charge in [-0.25, -0.2) is 4.98 Å². The Bertz CT molecular complexity index is 926. The van der Waals surface area contributed by atoms with Crippen LogP contribution in [0.1, 0.15) is 23.2 Å². The lowest BCUT2D eigenvalue weighted by molar-refractivity contribution is -0.384.